The van der Waals surface area contributed by atoms with Gasteiger partial charge in [0, 0.05) is 17.8 Å². The quantitative estimate of drug-likeness (QED) is 0.867. The number of hydrogen-bond acceptors (Lipinski definition) is 2. The normalized spacial score (nSPS) is 10.2. The average molecular weight is 319 g/mol. The maximum atomic E-state index is 12.2. The van der Waals surface area contributed by atoms with Gasteiger partial charge in [0.1, 0.15) is 0 Å². The number of rotatable bonds is 5. The van der Waals surface area contributed by atoms with Crippen LogP contribution in [0.4, 0.5) is 5.69 Å². The fraction of sp³-hybridized carbons (Fsp3) is 0.278. The van der Waals surface area contributed by atoms with Crippen LogP contribution in [-0.4, -0.2) is 13.0 Å². The van der Waals surface area contributed by atoms with Gasteiger partial charge >= 0.3 is 0 Å². The molecule has 0 aliphatic carbocycles. The largest absolute Gasteiger partial charge is 0.322 e. The van der Waals surface area contributed by atoms with E-state index in [4.69, 9.17) is 0 Å². The Morgan fingerprint density at radius 3 is 2.09 bits per heavy atom. The molecular weight excluding hydrogens is 296 g/mol. The Bertz CT molecular complexity index is 591. The smallest absolute Gasteiger partial charge is 0.255 e. The van der Waals surface area contributed by atoms with Gasteiger partial charge in [0.2, 0.25) is 0 Å². The first-order valence-electron chi connectivity index (χ1n) is 7.25. The van der Waals surface area contributed by atoms with E-state index in [1.165, 1.54) is 11.1 Å². The van der Waals surface area contributed by atoms with Crippen LogP contribution < -0.4 is 10.6 Å². The molecule has 3 nitrogen and oxygen atoms in total. The summed E-state index contributed by atoms with van der Waals surface area (Å²) in [6.07, 6.45) is 0. The highest BCUT2D eigenvalue weighted by molar-refractivity contribution is 6.04. The molecule has 4 heteroatoms. The number of nitrogens with one attached hydrogen (secondary N) is 2. The van der Waals surface area contributed by atoms with Gasteiger partial charge in [-0.1, -0.05) is 38.1 Å². The molecule has 0 saturated heterocycles. The second-order valence-electron chi connectivity index (χ2n) is 5.46. The molecule has 0 spiro atoms. The predicted octanol–water partition coefficient (Wildman–Crippen LogP) is 4.20. The van der Waals surface area contributed by atoms with Crippen LogP contribution in [0, 0.1) is 0 Å². The first-order valence-corrected chi connectivity index (χ1v) is 7.25. The summed E-state index contributed by atoms with van der Waals surface area (Å²) in [4.78, 5) is 12.2. The maximum Gasteiger partial charge on any atom is 0.255 e. The molecule has 2 rings (SSSR count). The zero-order valence-corrected chi connectivity index (χ0v) is 14.0. The van der Waals surface area contributed by atoms with Crippen molar-refractivity contribution in [3.63, 3.8) is 0 Å². The number of benzene rings is 2. The van der Waals surface area contributed by atoms with Crippen molar-refractivity contribution in [2.24, 2.45) is 0 Å². The first kappa shape index (κ1) is 18.2. The van der Waals surface area contributed by atoms with Gasteiger partial charge in [0.25, 0.3) is 5.91 Å². The van der Waals surface area contributed by atoms with Gasteiger partial charge in [0.15, 0.2) is 0 Å². The highest BCUT2D eigenvalue weighted by atomic mass is 35.5. The van der Waals surface area contributed by atoms with Crippen LogP contribution in [0.2, 0.25) is 0 Å². The Balaban J connectivity index is 0.00000242. The second kappa shape index (κ2) is 8.57. The molecule has 2 aromatic rings. The summed E-state index contributed by atoms with van der Waals surface area (Å²) in [6, 6.07) is 15.6. The molecule has 0 aliphatic heterocycles. The van der Waals surface area contributed by atoms with Crippen molar-refractivity contribution in [3.8, 4) is 0 Å². The number of hydrogen-bond donors (Lipinski definition) is 2. The average Bonchev–Trinajstić information content (AvgIpc) is 2.49. The van der Waals surface area contributed by atoms with E-state index >= 15 is 0 Å². The lowest BCUT2D eigenvalue weighted by molar-refractivity contribution is 0.102. The monoisotopic (exact) mass is 318 g/mol. The van der Waals surface area contributed by atoms with E-state index in [1.807, 2.05) is 55.6 Å². The predicted molar refractivity (Wildman–Crippen MR) is 94.9 cm³/mol. The third kappa shape index (κ3) is 4.86. The van der Waals surface area contributed by atoms with E-state index in [2.05, 4.69) is 24.5 Å². The molecule has 0 heterocycles. The molecule has 0 unspecified atom stereocenters. The first-order chi connectivity index (χ1) is 10.1. The number of anilines is 1. The summed E-state index contributed by atoms with van der Waals surface area (Å²) in [5, 5.41) is 6.01. The van der Waals surface area contributed by atoms with Crippen molar-refractivity contribution in [1.82, 2.24) is 5.32 Å². The van der Waals surface area contributed by atoms with Gasteiger partial charge in [0.05, 0.1) is 0 Å². The summed E-state index contributed by atoms with van der Waals surface area (Å²) < 4.78 is 0. The van der Waals surface area contributed by atoms with E-state index in [9.17, 15) is 4.79 Å². The molecule has 2 aromatic carbocycles. The lowest BCUT2D eigenvalue weighted by atomic mass is 10.0. The van der Waals surface area contributed by atoms with Gasteiger partial charge in [-0.05, 0) is 48.4 Å². The molecule has 0 radical (unpaired) electrons. The number of carbonyl (C=O) groups excluding carboxylic acids is 1. The fourth-order valence-corrected chi connectivity index (χ4v) is 2.13. The van der Waals surface area contributed by atoms with Crippen LogP contribution in [0.5, 0.6) is 0 Å². The Labute approximate surface area is 138 Å². The Morgan fingerprint density at radius 1 is 1.00 bits per heavy atom. The van der Waals surface area contributed by atoms with Crippen LogP contribution in [0.1, 0.15) is 41.3 Å². The van der Waals surface area contributed by atoms with E-state index in [0.29, 0.717) is 11.5 Å². The van der Waals surface area contributed by atoms with Crippen LogP contribution in [-0.2, 0) is 6.54 Å². The van der Waals surface area contributed by atoms with Crippen LogP contribution in [0.15, 0.2) is 48.5 Å². The molecular formula is C18H23ClN2O. The Morgan fingerprint density at radius 2 is 1.59 bits per heavy atom. The Kier molecular flexibility index (Phi) is 7.09. The van der Waals surface area contributed by atoms with Crippen LogP contribution in [0.25, 0.3) is 0 Å². The molecule has 0 aliphatic rings. The number of carbonyl (C=O) groups is 1. The van der Waals surface area contributed by atoms with Crippen molar-refractivity contribution in [2.45, 2.75) is 26.3 Å². The Hall–Kier alpha value is -1.84. The molecule has 1 amide bonds. The van der Waals surface area contributed by atoms with Crippen molar-refractivity contribution in [2.75, 3.05) is 12.4 Å². The summed E-state index contributed by atoms with van der Waals surface area (Å²) in [5.74, 6) is 0.397. The topological polar surface area (TPSA) is 41.1 Å². The minimum Gasteiger partial charge on any atom is -0.322 e. The van der Waals surface area contributed by atoms with Gasteiger partial charge in [-0.3, -0.25) is 4.79 Å². The van der Waals surface area contributed by atoms with Crippen molar-refractivity contribution >= 4 is 24.0 Å². The van der Waals surface area contributed by atoms with Gasteiger partial charge in [-0.15, -0.1) is 12.4 Å². The zero-order chi connectivity index (χ0) is 15.2. The molecule has 2 N–H and O–H groups in total. The minimum absolute atomic E-state index is 0. The summed E-state index contributed by atoms with van der Waals surface area (Å²) >= 11 is 0. The third-order valence-corrected chi connectivity index (χ3v) is 3.43. The molecule has 0 fully saturated rings. The highest BCUT2D eigenvalue weighted by Crippen LogP contribution is 2.16. The standard InChI is InChI=1S/C18H22N2O.ClH/c1-13(2)15-6-8-16(9-7-15)18(21)20-17-10-4-14(5-11-17)12-19-3;/h4-11,13,19H,12H2,1-3H3,(H,20,21);1H. The van der Waals surface area contributed by atoms with E-state index < -0.39 is 0 Å². The fourth-order valence-electron chi connectivity index (χ4n) is 2.13. The van der Waals surface area contributed by atoms with Crippen molar-refractivity contribution < 1.29 is 4.79 Å². The number of amides is 1. The molecule has 118 valence electrons. The summed E-state index contributed by atoms with van der Waals surface area (Å²) in [6.45, 7) is 5.11. The molecule has 0 saturated carbocycles. The molecule has 0 aromatic heterocycles. The lowest BCUT2D eigenvalue weighted by Gasteiger charge is -2.08. The van der Waals surface area contributed by atoms with Gasteiger partial charge in [-0.2, -0.15) is 0 Å². The SMILES string of the molecule is CNCc1ccc(NC(=O)c2ccc(C(C)C)cc2)cc1.Cl. The zero-order valence-electron chi connectivity index (χ0n) is 13.2. The van der Waals surface area contributed by atoms with E-state index in [0.717, 1.165) is 12.2 Å². The number of halogens is 1. The maximum absolute atomic E-state index is 12.2. The van der Waals surface area contributed by atoms with E-state index in [1.54, 1.807) is 0 Å². The van der Waals surface area contributed by atoms with Gasteiger partial charge in [-0.25, -0.2) is 0 Å². The molecule has 0 bridgehead atoms. The van der Waals surface area contributed by atoms with Crippen LogP contribution >= 0.6 is 12.4 Å². The highest BCUT2D eigenvalue weighted by Gasteiger charge is 2.07. The van der Waals surface area contributed by atoms with Crippen molar-refractivity contribution in [1.29, 1.82) is 0 Å². The molecule has 22 heavy (non-hydrogen) atoms. The second-order valence-corrected chi connectivity index (χ2v) is 5.46. The third-order valence-electron chi connectivity index (χ3n) is 3.43. The summed E-state index contributed by atoms with van der Waals surface area (Å²) in [5.41, 5.74) is 3.92. The molecule has 0 atom stereocenters. The van der Waals surface area contributed by atoms with Crippen LogP contribution in [0.3, 0.4) is 0 Å². The van der Waals surface area contributed by atoms with Crippen molar-refractivity contribution in [3.05, 3.63) is 65.2 Å². The summed E-state index contributed by atoms with van der Waals surface area (Å²) in [7, 11) is 1.91. The minimum atomic E-state index is -0.0772. The van der Waals surface area contributed by atoms with E-state index in [-0.39, 0.29) is 18.3 Å². The lowest BCUT2D eigenvalue weighted by Crippen LogP contribution is -2.12. The van der Waals surface area contributed by atoms with Gasteiger partial charge < -0.3 is 10.6 Å².